The van der Waals surface area contributed by atoms with E-state index < -0.39 is 14.9 Å². The average molecular weight is 331 g/mol. The molecule has 1 aromatic carbocycles. The summed E-state index contributed by atoms with van der Waals surface area (Å²) >= 11 is 5.85. The summed E-state index contributed by atoms with van der Waals surface area (Å²) in [5, 5.41) is 10.6. The van der Waals surface area contributed by atoms with E-state index in [1.807, 2.05) is 6.92 Å². The molecule has 0 fully saturated rings. The van der Waals surface area contributed by atoms with Gasteiger partial charge in [0.15, 0.2) is 5.03 Å². The van der Waals surface area contributed by atoms with Gasteiger partial charge in [0.25, 0.3) is 15.7 Å². The largest absolute Gasteiger partial charge is 0.332 e. The van der Waals surface area contributed by atoms with Gasteiger partial charge in [-0.15, -0.1) is 0 Å². The summed E-state index contributed by atoms with van der Waals surface area (Å²) in [6.07, 6.45) is 1.72. The van der Waals surface area contributed by atoms with Gasteiger partial charge in [0, 0.05) is 18.6 Å². The van der Waals surface area contributed by atoms with Crippen LogP contribution in [0.5, 0.6) is 0 Å². The minimum Gasteiger partial charge on any atom is -0.332 e. The van der Waals surface area contributed by atoms with Crippen LogP contribution in [0.3, 0.4) is 0 Å². The second-order valence-corrected chi connectivity index (χ2v) is 6.13. The van der Waals surface area contributed by atoms with Crippen LogP contribution in [0.15, 0.2) is 29.4 Å². The molecule has 0 aliphatic carbocycles. The van der Waals surface area contributed by atoms with Gasteiger partial charge in [-0.1, -0.05) is 18.5 Å². The molecule has 2 N–H and O–H groups in total. The number of nitrogens with zero attached hydrogens (tertiary/aromatic N) is 2. The fraction of sp³-hybridized carbons (Fsp3) is 0.182. The van der Waals surface area contributed by atoms with Gasteiger partial charge in [0.1, 0.15) is 5.82 Å². The number of H-pyrrole nitrogens is 1. The Balaban J connectivity index is 2.36. The third-order valence-corrected chi connectivity index (χ3v) is 4.24. The smallest absolute Gasteiger partial charge is 0.279 e. The molecule has 21 heavy (non-hydrogen) atoms. The van der Waals surface area contributed by atoms with Gasteiger partial charge in [-0.05, 0) is 6.07 Å². The second kappa shape index (κ2) is 5.70. The topological polar surface area (TPSA) is 118 Å². The number of benzene rings is 1. The molecular weight excluding hydrogens is 320 g/mol. The number of imidazole rings is 1. The highest BCUT2D eigenvalue weighted by Crippen LogP contribution is 2.28. The summed E-state index contributed by atoms with van der Waals surface area (Å²) < 4.78 is 26.5. The molecular formula is C11H11ClN4O4S. The van der Waals surface area contributed by atoms with Gasteiger partial charge in [-0.25, -0.2) is 4.98 Å². The molecule has 2 rings (SSSR count). The van der Waals surface area contributed by atoms with Crippen LogP contribution in [0, 0.1) is 10.1 Å². The number of nitro benzene ring substituents is 1. The Labute approximate surface area is 125 Å². The quantitative estimate of drug-likeness (QED) is 0.644. The van der Waals surface area contributed by atoms with Gasteiger partial charge >= 0.3 is 0 Å². The van der Waals surface area contributed by atoms with Crippen molar-refractivity contribution in [2.45, 2.75) is 18.4 Å². The first kappa shape index (κ1) is 15.3. The van der Waals surface area contributed by atoms with Crippen LogP contribution in [0.2, 0.25) is 5.02 Å². The summed E-state index contributed by atoms with van der Waals surface area (Å²) in [6.45, 7) is 1.82. The first-order valence-electron chi connectivity index (χ1n) is 5.84. The SMILES string of the molecule is CCc1ncc(S(=O)(=O)Nc2cc([N+](=O)[O-])ccc2Cl)[nH]1. The maximum absolute atomic E-state index is 12.2. The maximum Gasteiger partial charge on any atom is 0.279 e. The van der Waals surface area contributed by atoms with E-state index in [0.717, 1.165) is 6.07 Å². The average Bonchev–Trinajstić information content (AvgIpc) is 2.90. The van der Waals surface area contributed by atoms with Crippen LogP contribution in [0.1, 0.15) is 12.7 Å². The Hall–Kier alpha value is -2.13. The lowest BCUT2D eigenvalue weighted by Gasteiger charge is -2.07. The molecule has 2 aromatic rings. The number of aryl methyl sites for hydroxylation is 1. The lowest BCUT2D eigenvalue weighted by molar-refractivity contribution is -0.384. The number of hydrogen-bond donors (Lipinski definition) is 2. The van der Waals surface area contributed by atoms with E-state index >= 15 is 0 Å². The highest BCUT2D eigenvalue weighted by atomic mass is 35.5. The third-order valence-electron chi connectivity index (χ3n) is 2.63. The predicted molar refractivity (Wildman–Crippen MR) is 76.9 cm³/mol. The van der Waals surface area contributed by atoms with Crippen LogP contribution in [-0.4, -0.2) is 23.3 Å². The molecule has 1 heterocycles. The minimum absolute atomic E-state index is 0.0550. The monoisotopic (exact) mass is 330 g/mol. The number of hydrogen-bond acceptors (Lipinski definition) is 5. The normalized spacial score (nSPS) is 11.3. The van der Waals surface area contributed by atoms with Crippen LogP contribution in [0.25, 0.3) is 0 Å². The number of sulfonamides is 1. The van der Waals surface area contributed by atoms with Gasteiger partial charge in [0.2, 0.25) is 0 Å². The molecule has 0 saturated heterocycles. The van der Waals surface area contributed by atoms with E-state index in [1.165, 1.54) is 18.3 Å². The van der Waals surface area contributed by atoms with E-state index in [1.54, 1.807) is 0 Å². The molecule has 1 aromatic heterocycles. The zero-order valence-corrected chi connectivity index (χ0v) is 12.4. The first-order chi connectivity index (χ1) is 9.83. The number of non-ortho nitro benzene ring substituents is 1. The fourth-order valence-corrected chi connectivity index (χ4v) is 2.80. The Bertz CT molecular complexity index is 787. The molecule has 112 valence electrons. The van der Waals surface area contributed by atoms with Crippen LogP contribution in [-0.2, 0) is 16.4 Å². The van der Waals surface area contributed by atoms with E-state index in [0.29, 0.717) is 12.2 Å². The summed E-state index contributed by atoms with van der Waals surface area (Å²) in [6, 6.07) is 3.49. The zero-order valence-electron chi connectivity index (χ0n) is 10.8. The first-order valence-corrected chi connectivity index (χ1v) is 7.70. The fourth-order valence-electron chi connectivity index (χ4n) is 1.56. The number of nitro groups is 1. The Morgan fingerprint density at radius 2 is 2.19 bits per heavy atom. The van der Waals surface area contributed by atoms with E-state index in [9.17, 15) is 18.5 Å². The number of anilines is 1. The minimum atomic E-state index is -3.94. The van der Waals surface area contributed by atoms with Crippen molar-refractivity contribution in [2.75, 3.05) is 4.72 Å². The highest BCUT2D eigenvalue weighted by Gasteiger charge is 2.20. The van der Waals surface area contributed by atoms with Crippen molar-refractivity contribution >= 4 is 33.0 Å². The lowest BCUT2D eigenvalue weighted by Crippen LogP contribution is -2.14. The number of aromatic amines is 1. The Kier molecular flexibility index (Phi) is 4.14. The lowest BCUT2D eigenvalue weighted by atomic mass is 10.3. The number of rotatable bonds is 5. The van der Waals surface area contributed by atoms with Crippen LogP contribution < -0.4 is 4.72 Å². The molecule has 0 atom stereocenters. The van der Waals surface area contributed by atoms with Crippen molar-refractivity contribution in [1.82, 2.24) is 9.97 Å². The van der Waals surface area contributed by atoms with E-state index in [-0.39, 0.29) is 21.4 Å². The maximum atomic E-state index is 12.2. The predicted octanol–water partition coefficient (Wildman–Crippen LogP) is 2.33. The molecule has 0 amide bonds. The molecule has 0 spiro atoms. The Morgan fingerprint density at radius 3 is 2.76 bits per heavy atom. The number of halogens is 1. The van der Waals surface area contributed by atoms with Crippen molar-refractivity contribution in [3.63, 3.8) is 0 Å². The summed E-state index contributed by atoms with van der Waals surface area (Å²) in [4.78, 5) is 16.6. The molecule has 0 saturated carbocycles. The molecule has 0 aliphatic rings. The van der Waals surface area contributed by atoms with Crippen LogP contribution >= 0.6 is 11.6 Å². The zero-order chi connectivity index (χ0) is 15.6. The van der Waals surface area contributed by atoms with Crippen LogP contribution in [0.4, 0.5) is 11.4 Å². The van der Waals surface area contributed by atoms with Gasteiger partial charge in [0.05, 0.1) is 21.8 Å². The van der Waals surface area contributed by atoms with Crippen molar-refractivity contribution in [3.8, 4) is 0 Å². The number of aromatic nitrogens is 2. The Morgan fingerprint density at radius 1 is 1.48 bits per heavy atom. The standard InChI is InChI=1S/C11H11ClN4O4S/c1-2-10-13-6-11(14-10)21(19,20)15-9-5-7(16(17)18)3-4-8(9)12/h3-6,15H,2H2,1H3,(H,13,14). The third kappa shape index (κ3) is 3.31. The van der Waals surface area contributed by atoms with Gasteiger partial charge in [-0.2, -0.15) is 8.42 Å². The summed E-state index contributed by atoms with van der Waals surface area (Å²) in [5.74, 6) is 0.514. The molecule has 0 bridgehead atoms. The van der Waals surface area contributed by atoms with Crippen molar-refractivity contribution in [1.29, 1.82) is 0 Å². The molecule has 10 heteroatoms. The second-order valence-electron chi connectivity index (χ2n) is 4.07. The molecule has 0 radical (unpaired) electrons. The van der Waals surface area contributed by atoms with E-state index in [2.05, 4.69) is 14.7 Å². The highest BCUT2D eigenvalue weighted by molar-refractivity contribution is 7.92. The van der Waals surface area contributed by atoms with Crippen molar-refractivity contribution < 1.29 is 13.3 Å². The van der Waals surface area contributed by atoms with Crippen molar-refractivity contribution in [2.24, 2.45) is 0 Å². The number of nitrogens with one attached hydrogen (secondary N) is 2. The molecule has 0 aliphatic heterocycles. The van der Waals surface area contributed by atoms with Gasteiger partial charge < -0.3 is 4.98 Å². The summed E-state index contributed by atoms with van der Waals surface area (Å²) in [7, 11) is -3.94. The van der Waals surface area contributed by atoms with Crippen molar-refractivity contribution in [3.05, 3.63) is 45.4 Å². The van der Waals surface area contributed by atoms with Gasteiger partial charge in [-0.3, -0.25) is 14.8 Å². The molecule has 0 unspecified atom stereocenters. The van der Waals surface area contributed by atoms with E-state index in [4.69, 9.17) is 11.6 Å². The summed E-state index contributed by atoms with van der Waals surface area (Å²) in [5.41, 5.74) is -0.338. The molecule has 8 nitrogen and oxygen atoms in total.